The summed E-state index contributed by atoms with van der Waals surface area (Å²) in [5, 5.41) is 9.00. The Hall–Kier alpha value is -0.470. The van der Waals surface area contributed by atoms with Crippen molar-refractivity contribution in [2.24, 2.45) is 0 Å². The average molecular weight is 325 g/mol. The first-order valence-electron chi connectivity index (χ1n) is 5.70. The minimum atomic E-state index is -3.60. The normalized spacial score (nSPS) is 11.7. The monoisotopic (exact) mass is 324 g/mol. The fourth-order valence-corrected chi connectivity index (χ4v) is 3.59. The number of nitrogens with two attached hydrogens (primary N) is 1. The first-order valence-corrected chi connectivity index (χ1v) is 8.72. The summed E-state index contributed by atoms with van der Waals surface area (Å²) in [5.41, 5.74) is 5.77. The molecule has 0 atom stereocenters. The summed E-state index contributed by atoms with van der Waals surface area (Å²) in [5.74, 6) is 1.45. The first kappa shape index (κ1) is 16.6. The van der Waals surface area contributed by atoms with E-state index in [-0.39, 0.29) is 17.2 Å². The third kappa shape index (κ3) is 5.58. The molecule has 0 aliphatic heterocycles. The fraction of sp³-hybridized carbons (Fsp3) is 0.455. The van der Waals surface area contributed by atoms with Crippen LogP contribution >= 0.6 is 23.4 Å². The van der Waals surface area contributed by atoms with Crippen LogP contribution < -0.4 is 10.5 Å². The quantitative estimate of drug-likeness (QED) is 0.495. The molecule has 19 heavy (non-hydrogen) atoms. The minimum absolute atomic E-state index is 0.0391. The zero-order valence-corrected chi connectivity index (χ0v) is 12.7. The maximum absolute atomic E-state index is 12.0. The molecule has 0 spiro atoms. The summed E-state index contributed by atoms with van der Waals surface area (Å²) in [4.78, 5) is 0.0391. The number of thioether (sulfide) groups is 1. The maximum Gasteiger partial charge on any atom is 0.242 e. The van der Waals surface area contributed by atoms with Gasteiger partial charge in [0.25, 0.3) is 0 Å². The van der Waals surface area contributed by atoms with Gasteiger partial charge in [-0.2, -0.15) is 11.8 Å². The van der Waals surface area contributed by atoms with Crippen LogP contribution in [0.1, 0.15) is 6.42 Å². The lowest BCUT2D eigenvalue weighted by Crippen LogP contribution is -2.26. The number of anilines is 1. The lowest BCUT2D eigenvalue weighted by Gasteiger charge is -2.09. The maximum atomic E-state index is 12.0. The van der Waals surface area contributed by atoms with Gasteiger partial charge in [-0.1, -0.05) is 11.6 Å². The Morgan fingerprint density at radius 3 is 2.74 bits per heavy atom. The van der Waals surface area contributed by atoms with Gasteiger partial charge in [0, 0.05) is 23.9 Å². The van der Waals surface area contributed by atoms with Gasteiger partial charge >= 0.3 is 0 Å². The molecule has 1 aromatic carbocycles. The lowest BCUT2D eigenvalue weighted by molar-refractivity contribution is 0.296. The Morgan fingerprint density at radius 2 is 2.11 bits per heavy atom. The van der Waals surface area contributed by atoms with Crippen molar-refractivity contribution < 1.29 is 13.5 Å². The predicted octanol–water partition coefficient (Wildman–Crippen LogP) is 1.32. The molecule has 0 radical (unpaired) electrons. The molecule has 4 N–H and O–H groups in total. The summed E-state index contributed by atoms with van der Waals surface area (Å²) >= 11 is 7.30. The van der Waals surface area contributed by atoms with Gasteiger partial charge < -0.3 is 10.8 Å². The third-order valence-electron chi connectivity index (χ3n) is 2.25. The number of rotatable bonds is 8. The molecule has 108 valence electrons. The van der Waals surface area contributed by atoms with E-state index in [9.17, 15) is 8.42 Å². The molecule has 0 fully saturated rings. The molecule has 0 aromatic heterocycles. The number of hydrogen-bond acceptors (Lipinski definition) is 5. The van der Waals surface area contributed by atoms with E-state index in [0.717, 1.165) is 5.75 Å². The standard InChI is InChI=1S/C11H17ClN2O3S2/c12-9-2-3-11(10(13)8-9)19(16,17)14-4-7-18-6-1-5-15/h2-3,8,14-15H,1,4-7,13H2. The Morgan fingerprint density at radius 1 is 1.37 bits per heavy atom. The lowest BCUT2D eigenvalue weighted by atomic mass is 10.3. The van der Waals surface area contributed by atoms with Crippen molar-refractivity contribution in [3.63, 3.8) is 0 Å². The second-order valence-corrected chi connectivity index (χ2v) is 7.17. The molecule has 0 bridgehead atoms. The van der Waals surface area contributed by atoms with Crippen molar-refractivity contribution in [3.8, 4) is 0 Å². The van der Waals surface area contributed by atoms with E-state index in [1.165, 1.54) is 18.2 Å². The van der Waals surface area contributed by atoms with Crippen LogP contribution in [-0.2, 0) is 10.0 Å². The molecule has 0 aliphatic rings. The van der Waals surface area contributed by atoms with Crippen LogP contribution in [0.5, 0.6) is 0 Å². The predicted molar refractivity (Wildman–Crippen MR) is 80.1 cm³/mol. The van der Waals surface area contributed by atoms with E-state index in [0.29, 0.717) is 23.7 Å². The number of nitrogens with one attached hydrogen (secondary N) is 1. The van der Waals surface area contributed by atoms with Crippen LogP contribution in [0.2, 0.25) is 5.02 Å². The molecular formula is C11H17ClN2O3S2. The van der Waals surface area contributed by atoms with Crippen molar-refractivity contribution in [2.75, 3.05) is 30.4 Å². The van der Waals surface area contributed by atoms with Crippen molar-refractivity contribution in [2.45, 2.75) is 11.3 Å². The van der Waals surface area contributed by atoms with E-state index in [2.05, 4.69) is 4.72 Å². The van der Waals surface area contributed by atoms with E-state index >= 15 is 0 Å². The molecule has 0 unspecified atom stereocenters. The third-order valence-corrected chi connectivity index (χ3v) is 5.09. The molecule has 8 heteroatoms. The van der Waals surface area contributed by atoms with Crippen molar-refractivity contribution in [1.82, 2.24) is 4.72 Å². The van der Waals surface area contributed by atoms with Crippen molar-refractivity contribution in [1.29, 1.82) is 0 Å². The van der Waals surface area contributed by atoms with Gasteiger partial charge in [-0.3, -0.25) is 0 Å². The highest BCUT2D eigenvalue weighted by molar-refractivity contribution is 7.99. The smallest absolute Gasteiger partial charge is 0.242 e. The molecule has 1 rings (SSSR count). The Bertz CT molecular complexity index is 509. The molecule has 5 nitrogen and oxygen atoms in total. The van der Waals surface area contributed by atoms with Gasteiger partial charge in [0.2, 0.25) is 10.0 Å². The van der Waals surface area contributed by atoms with Gasteiger partial charge in [0.05, 0.1) is 5.69 Å². The Kier molecular flexibility index (Phi) is 6.95. The van der Waals surface area contributed by atoms with Gasteiger partial charge in [-0.25, -0.2) is 13.1 Å². The SMILES string of the molecule is Nc1cc(Cl)ccc1S(=O)(=O)NCCSCCCO. The van der Waals surface area contributed by atoms with Gasteiger partial charge in [-0.05, 0) is 30.4 Å². The topological polar surface area (TPSA) is 92.4 Å². The van der Waals surface area contributed by atoms with Crippen molar-refractivity contribution >= 4 is 39.1 Å². The highest BCUT2D eigenvalue weighted by Gasteiger charge is 2.16. The van der Waals surface area contributed by atoms with E-state index in [1.54, 1.807) is 11.8 Å². The van der Waals surface area contributed by atoms with E-state index in [1.807, 2.05) is 0 Å². The molecule has 0 amide bonds. The largest absolute Gasteiger partial charge is 0.398 e. The second kappa shape index (κ2) is 7.96. The molecule has 0 aliphatic carbocycles. The second-order valence-electron chi connectivity index (χ2n) is 3.77. The van der Waals surface area contributed by atoms with Crippen LogP contribution in [0, 0.1) is 0 Å². The first-order chi connectivity index (χ1) is 8.97. The number of aliphatic hydroxyl groups is 1. The highest BCUT2D eigenvalue weighted by atomic mass is 35.5. The fourth-order valence-electron chi connectivity index (χ4n) is 1.36. The zero-order valence-electron chi connectivity index (χ0n) is 10.3. The van der Waals surface area contributed by atoms with Crippen LogP contribution in [0.15, 0.2) is 23.1 Å². The number of benzene rings is 1. The summed E-state index contributed by atoms with van der Waals surface area (Å²) in [6.07, 6.45) is 0.710. The number of aliphatic hydroxyl groups excluding tert-OH is 1. The molecule has 0 saturated heterocycles. The Balaban J connectivity index is 2.52. The number of sulfonamides is 1. The molecule has 1 aromatic rings. The van der Waals surface area contributed by atoms with Crippen LogP contribution in [0.4, 0.5) is 5.69 Å². The molecular weight excluding hydrogens is 308 g/mol. The van der Waals surface area contributed by atoms with Crippen LogP contribution in [0.3, 0.4) is 0 Å². The summed E-state index contributed by atoms with van der Waals surface area (Å²) in [6.45, 7) is 0.473. The van der Waals surface area contributed by atoms with E-state index < -0.39 is 10.0 Å². The van der Waals surface area contributed by atoms with Crippen molar-refractivity contribution in [3.05, 3.63) is 23.2 Å². The molecule has 0 saturated carbocycles. The Labute approximate surface area is 122 Å². The van der Waals surface area contributed by atoms with E-state index in [4.69, 9.17) is 22.4 Å². The average Bonchev–Trinajstić information content (AvgIpc) is 2.33. The summed E-state index contributed by atoms with van der Waals surface area (Å²) < 4.78 is 26.4. The summed E-state index contributed by atoms with van der Waals surface area (Å²) in [6, 6.07) is 4.29. The number of nitrogen functional groups attached to an aromatic ring is 1. The van der Waals surface area contributed by atoms with Gasteiger partial charge in [0.15, 0.2) is 0 Å². The number of hydrogen-bond donors (Lipinski definition) is 3. The van der Waals surface area contributed by atoms with Crippen LogP contribution in [0.25, 0.3) is 0 Å². The van der Waals surface area contributed by atoms with Gasteiger partial charge in [0.1, 0.15) is 4.90 Å². The highest BCUT2D eigenvalue weighted by Crippen LogP contribution is 2.22. The van der Waals surface area contributed by atoms with Gasteiger partial charge in [-0.15, -0.1) is 0 Å². The minimum Gasteiger partial charge on any atom is -0.398 e. The van der Waals surface area contributed by atoms with Crippen LogP contribution in [-0.4, -0.2) is 38.2 Å². The zero-order chi connectivity index (χ0) is 14.3. The number of halogens is 1. The summed E-state index contributed by atoms with van der Waals surface area (Å²) in [7, 11) is -3.60. The molecule has 0 heterocycles.